The zero-order valence-corrected chi connectivity index (χ0v) is 12.5. The van der Waals surface area contributed by atoms with Gasteiger partial charge in [0.15, 0.2) is 0 Å². The van der Waals surface area contributed by atoms with Gasteiger partial charge >= 0.3 is 0 Å². The molecule has 1 aliphatic carbocycles. The molecule has 0 unspecified atom stereocenters. The van der Waals surface area contributed by atoms with Gasteiger partial charge in [0.25, 0.3) is 0 Å². The Balaban J connectivity index is 2.22. The molecular formula is C17H21NO2. The molecule has 1 aromatic carbocycles. The van der Waals surface area contributed by atoms with Crippen molar-refractivity contribution < 1.29 is 9.84 Å². The lowest BCUT2D eigenvalue weighted by Gasteiger charge is -2.20. The summed E-state index contributed by atoms with van der Waals surface area (Å²) < 4.78 is 7.51. The van der Waals surface area contributed by atoms with Crippen LogP contribution in [0.25, 0.3) is 11.3 Å². The van der Waals surface area contributed by atoms with Gasteiger partial charge < -0.3 is 14.4 Å². The number of hydrogen-bond acceptors (Lipinski definition) is 2. The van der Waals surface area contributed by atoms with Crippen molar-refractivity contribution in [1.82, 2.24) is 4.57 Å². The molecule has 3 nitrogen and oxygen atoms in total. The minimum absolute atomic E-state index is 0.000875. The third kappa shape index (κ3) is 1.77. The standard InChI is InChI=1S/C17H21NO2/c1-11(19)10-18-8-7-15-16(18)13-9-12(20-4)5-6-14(13)17(15,2)3/h5-9,11,19H,10H2,1-4H3/t11-/m0/s1. The largest absolute Gasteiger partial charge is 0.497 e. The molecule has 3 rings (SSSR count). The lowest BCUT2D eigenvalue weighted by molar-refractivity contribution is 0.174. The smallest absolute Gasteiger partial charge is 0.119 e. The maximum atomic E-state index is 9.69. The Bertz CT molecular complexity index is 653. The Morgan fingerprint density at radius 3 is 2.65 bits per heavy atom. The number of aliphatic hydroxyl groups is 1. The molecule has 3 heteroatoms. The molecule has 0 spiro atoms. The molecule has 0 aliphatic heterocycles. The first kappa shape index (κ1) is 13.3. The molecule has 1 atom stereocenters. The van der Waals surface area contributed by atoms with Gasteiger partial charge in [0.05, 0.1) is 18.9 Å². The number of ether oxygens (including phenoxy) is 1. The maximum absolute atomic E-state index is 9.69. The Hall–Kier alpha value is -1.74. The van der Waals surface area contributed by atoms with Crippen LogP contribution in [0.15, 0.2) is 30.5 Å². The Labute approximate surface area is 119 Å². The van der Waals surface area contributed by atoms with Crippen LogP contribution in [0, 0.1) is 0 Å². The zero-order chi connectivity index (χ0) is 14.5. The number of rotatable bonds is 3. The maximum Gasteiger partial charge on any atom is 0.119 e. The quantitative estimate of drug-likeness (QED) is 0.930. The van der Waals surface area contributed by atoms with Crippen LogP contribution >= 0.6 is 0 Å². The van der Waals surface area contributed by atoms with Crippen molar-refractivity contribution in [2.45, 2.75) is 38.8 Å². The molecule has 0 saturated heterocycles. The fourth-order valence-corrected chi connectivity index (χ4v) is 3.25. The monoisotopic (exact) mass is 271 g/mol. The van der Waals surface area contributed by atoms with E-state index in [-0.39, 0.29) is 11.5 Å². The summed E-state index contributed by atoms with van der Waals surface area (Å²) in [5.74, 6) is 0.872. The SMILES string of the molecule is COc1ccc2c(c1)-c1c(ccn1C[C@H](C)O)C2(C)C. The van der Waals surface area contributed by atoms with Crippen LogP contribution in [0.1, 0.15) is 31.9 Å². The average Bonchev–Trinajstić information content (AvgIpc) is 2.89. The van der Waals surface area contributed by atoms with Gasteiger partial charge in [-0.05, 0) is 36.2 Å². The van der Waals surface area contributed by atoms with Crippen LogP contribution in [-0.2, 0) is 12.0 Å². The predicted molar refractivity (Wildman–Crippen MR) is 80.2 cm³/mol. The first-order valence-corrected chi connectivity index (χ1v) is 7.01. The fraction of sp³-hybridized carbons (Fsp3) is 0.412. The van der Waals surface area contributed by atoms with Crippen LogP contribution in [0.2, 0.25) is 0 Å². The minimum Gasteiger partial charge on any atom is -0.497 e. The number of aromatic nitrogens is 1. The summed E-state index contributed by atoms with van der Waals surface area (Å²) in [5.41, 5.74) is 5.07. The van der Waals surface area contributed by atoms with Gasteiger partial charge in [-0.2, -0.15) is 0 Å². The number of nitrogens with zero attached hydrogens (tertiary/aromatic N) is 1. The molecule has 20 heavy (non-hydrogen) atoms. The van der Waals surface area contributed by atoms with Crippen LogP contribution in [0.4, 0.5) is 0 Å². The number of hydrogen-bond donors (Lipinski definition) is 1. The van der Waals surface area contributed by atoms with Gasteiger partial charge in [0.1, 0.15) is 5.75 Å². The summed E-state index contributed by atoms with van der Waals surface area (Å²) in [7, 11) is 1.69. The van der Waals surface area contributed by atoms with Crippen LogP contribution in [0.5, 0.6) is 5.75 Å². The first-order chi connectivity index (χ1) is 9.45. The highest BCUT2D eigenvalue weighted by Gasteiger charge is 2.37. The van der Waals surface area contributed by atoms with Crippen molar-refractivity contribution in [2.75, 3.05) is 7.11 Å². The van der Waals surface area contributed by atoms with E-state index in [1.807, 2.05) is 13.0 Å². The van der Waals surface area contributed by atoms with Crippen LogP contribution < -0.4 is 4.74 Å². The van der Waals surface area contributed by atoms with Crippen molar-refractivity contribution >= 4 is 0 Å². The van der Waals surface area contributed by atoms with Crippen LogP contribution in [0.3, 0.4) is 0 Å². The Kier molecular flexibility index (Phi) is 2.91. The van der Waals surface area contributed by atoms with Crippen molar-refractivity contribution in [3.8, 4) is 17.0 Å². The molecule has 1 heterocycles. The van der Waals surface area contributed by atoms with E-state index in [1.54, 1.807) is 7.11 Å². The highest BCUT2D eigenvalue weighted by atomic mass is 16.5. The third-order valence-electron chi connectivity index (χ3n) is 4.25. The van der Waals surface area contributed by atoms with Crippen molar-refractivity contribution in [3.63, 3.8) is 0 Å². The average molecular weight is 271 g/mol. The number of fused-ring (bicyclic) bond motifs is 3. The highest BCUT2D eigenvalue weighted by molar-refractivity contribution is 5.79. The van der Waals surface area contributed by atoms with Gasteiger partial charge in [-0.25, -0.2) is 0 Å². The fourth-order valence-electron chi connectivity index (χ4n) is 3.25. The lowest BCUT2D eigenvalue weighted by atomic mass is 9.83. The number of methoxy groups -OCH3 is 1. The second-order valence-electron chi connectivity index (χ2n) is 6.12. The summed E-state index contributed by atoms with van der Waals surface area (Å²) in [4.78, 5) is 0. The molecule has 1 aliphatic rings. The van der Waals surface area contributed by atoms with E-state index in [4.69, 9.17) is 4.74 Å². The van der Waals surface area contributed by atoms with Gasteiger partial charge in [-0.1, -0.05) is 19.9 Å². The third-order valence-corrected chi connectivity index (χ3v) is 4.25. The summed E-state index contributed by atoms with van der Waals surface area (Å²) in [6.45, 7) is 6.93. The van der Waals surface area contributed by atoms with Gasteiger partial charge in [-0.3, -0.25) is 0 Å². The molecule has 0 saturated carbocycles. The molecule has 1 N–H and O–H groups in total. The van der Waals surface area contributed by atoms with E-state index < -0.39 is 0 Å². The van der Waals surface area contributed by atoms with Gasteiger partial charge in [0, 0.05) is 23.7 Å². The predicted octanol–water partition coefficient (Wildman–Crippen LogP) is 3.18. The minimum atomic E-state index is -0.357. The first-order valence-electron chi connectivity index (χ1n) is 7.01. The Morgan fingerprint density at radius 1 is 1.25 bits per heavy atom. The summed E-state index contributed by atoms with van der Waals surface area (Å²) in [6.07, 6.45) is 1.71. The van der Waals surface area contributed by atoms with Crippen molar-refractivity contribution in [2.24, 2.45) is 0 Å². The topological polar surface area (TPSA) is 34.4 Å². The van der Waals surface area contributed by atoms with Gasteiger partial charge in [0.2, 0.25) is 0 Å². The molecule has 1 aromatic heterocycles. The molecule has 0 radical (unpaired) electrons. The second kappa shape index (κ2) is 4.38. The Morgan fingerprint density at radius 2 is 2.00 bits per heavy atom. The van der Waals surface area contributed by atoms with E-state index in [0.717, 1.165) is 5.75 Å². The summed E-state index contributed by atoms with van der Waals surface area (Å²) in [6, 6.07) is 8.44. The van der Waals surface area contributed by atoms with Crippen molar-refractivity contribution in [3.05, 3.63) is 41.6 Å². The number of aliphatic hydroxyl groups excluding tert-OH is 1. The highest BCUT2D eigenvalue weighted by Crippen LogP contribution is 2.50. The van der Waals surface area contributed by atoms with E-state index in [1.165, 1.54) is 22.4 Å². The van der Waals surface area contributed by atoms with E-state index >= 15 is 0 Å². The normalized spacial score (nSPS) is 16.6. The summed E-state index contributed by atoms with van der Waals surface area (Å²) >= 11 is 0. The molecule has 0 fully saturated rings. The molecule has 0 bridgehead atoms. The molecule has 2 aromatic rings. The van der Waals surface area contributed by atoms with Gasteiger partial charge in [-0.15, -0.1) is 0 Å². The van der Waals surface area contributed by atoms with E-state index in [9.17, 15) is 5.11 Å². The van der Waals surface area contributed by atoms with Crippen molar-refractivity contribution in [1.29, 1.82) is 0 Å². The lowest BCUT2D eigenvalue weighted by Crippen LogP contribution is -2.14. The second-order valence-corrected chi connectivity index (χ2v) is 6.12. The number of benzene rings is 1. The van der Waals surface area contributed by atoms with Crippen LogP contribution in [-0.4, -0.2) is 22.9 Å². The molecule has 106 valence electrons. The van der Waals surface area contributed by atoms with E-state index in [2.05, 4.69) is 42.8 Å². The molecular weight excluding hydrogens is 250 g/mol. The van der Waals surface area contributed by atoms with E-state index in [0.29, 0.717) is 6.54 Å². The summed E-state index contributed by atoms with van der Waals surface area (Å²) in [5, 5.41) is 9.69. The zero-order valence-electron chi connectivity index (χ0n) is 12.5. The molecule has 0 amide bonds.